The van der Waals surface area contributed by atoms with Crippen LogP contribution in [0.5, 0.6) is 0 Å². The maximum Gasteiger partial charge on any atom is 0.305 e. The molecule has 1 heterocycles. The molecular weight excluding hydrogens is 334 g/mol. The second kappa shape index (κ2) is 9.97. The third kappa shape index (κ3) is 7.08. The maximum atomic E-state index is 12.0. The SMILES string of the molecule is CCCCNC(=O)C[C@H]1OC(OC(C)=O)[C@H](OC(C)=O)[C@@H]1CC(=O)O. The minimum absolute atomic E-state index is 0.114. The van der Waals surface area contributed by atoms with Crippen molar-refractivity contribution in [2.75, 3.05) is 6.54 Å². The number of aliphatic carboxylic acids is 1. The van der Waals surface area contributed by atoms with E-state index in [4.69, 9.17) is 19.3 Å². The van der Waals surface area contributed by atoms with Gasteiger partial charge < -0.3 is 24.6 Å². The molecule has 0 bridgehead atoms. The van der Waals surface area contributed by atoms with E-state index in [1.165, 1.54) is 0 Å². The Labute approximate surface area is 146 Å². The second-order valence-electron chi connectivity index (χ2n) is 5.90. The number of ether oxygens (including phenoxy) is 3. The lowest BCUT2D eigenvalue weighted by molar-refractivity contribution is -0.194. The van der Waals surface area contributed by atoms with Gasteiger partial charge in [0.15, 0.2) is 6.10 Å². The van der Waals surface area contributed by atoms with Gasteiger partial charge in [-0.15, -0.1) is 0 Å². The molecule has 1 saturated heterocycles. The van der Waals surface area contributed by atoms with Gasteiger partial charge in [0.1, 0.15) is 0 Å². The van der Waals surface area contributed by atoms with E-state index in [0.29, 0.717) is 6.54 Å². The molecule has 0 aliphatic carbocycles. The van der Waals surface area contributed by atoms with E-state index >= 15 is 0 Å². The molecule has 1 rings (SSSR count). The van der Waals surface area contributed by atoms with Gasteiger partial charge in [-0.2, -0.15) is 0 Å². The number of carbonyl (C=O) groups is 4. The fourth-order valence-electron chi connectivity index (χ4n) is 2.67. The number of amides is 1. The monoisotopic (exact) mass is 359 g/mol. The number of nitrogens with one attached hydrogen (secondary N) is 1. The number of esters is 2. The van der Waals surface area contributed by atoms with Gasteiger partial charge in [0.2, 0.25) is 12.2 Å². The number of hydrogen-bond acceptors (Lipinski definition) is 7. The molecule has 0 saturated carbocycles. The first-order chi connectivity index (χ1) is 11.7. The van der Waals surface area contributed by atoms with Crippen molar-refractivity contribution in [1.29, 1.82) is 0 Å². The molecule has 4 atom stereocenters. The smallest absolute Gasteiger partial charge is 0.305 e. The summed E-state index contributed by atoms with van der Waals surface area (Å²) in [7, 11) is 0. The Morgan fingerprint density at radius 2 is 1.72 bits per heavy atom. The van der Waals surface area contributed by atoms with Crippen LogP contribution in [0.2, 0.25) is 0 Å². The summed E-state index contributed by atoms with van der Waals surface area (Å²) in [5.74, 6) is -3.56. The highest BCUT2D eigenvalue weighted by Crippen LogP contribution is 2.35. The van der Waals surface area contributed by atoms with Gasteiger partial charge in [-0.3, -0.25) is 19.2 Å². The van der Waals surface area contributed by atoms with Gasteiger partial charge in [0.25, 0.3) is 0 Å². The van der Waals surface area contributed by atoms with Crippen LogP contribution in [0.3, 0.4) is 0 Å². The van der Waals surface area contributed by atoms with Crippen LogP contribution in [-0.2, 0) is 33.4 Å². The highest BCUT2D eigenvalue weighted by molar-refractivity contribution is 5.77. The van der Waals surface area contributed by atoms with Gasteiger partial charge in [-0.25, -0.2) is 0 Å². The largest absolute Gasteiger partial charge is 0.481 e. The molecule has 0 aromatic rings. The molecule has 1 unspecified atom stereocenters. The van der Waals surface area contributed by atoms with E-state index < -0.39 is 42.3 Å². The van der Waals surface area contributed by atoms with Gasteiger partial charge in [0, 0.05) is 26.3 Å². The Kier molecular flexibility index (Phi) is 8.33. The summed E-state index contributed by atoms with van der Waals surface area (Å²) < 4.78 is 15.6. The molecule has 1 aliphatic rings. The second-order valence-corrected chi connectivity index (χ2v) is 5.90. The molecule has 1 aliphatic heterocycles. The Bertz CT molecular complexity index is 506. The zero-order chi connectivity index (χ0) is 19.0. The molecule has 0 spiro atoms. The predicted molar refractivity (Wildman–Crippen MR) is 84.3 cm³/mol. The van der Waals surface area contributed by atoms with Crippen LogP contribution in [0.1, 0.15) is 46.5 Å². The van der Waals surface area contributed by atoms with E-state index in [0.717, 1.165) is 26.7 Å². The van der Waals surface area contributed by atoms with Crippen LogP contribution in [-0.4, -0.2) is 54.0 Å². The Hall–Kier alpha value is -2.16. The van der Waals surface area contributed by atoms with Crippen molar-refractivity contribution < 1.29 is 38.5 Å². The van der Waals surface area contributed by atoms with Crippen molar-refractivity contribution in [3.63, 3.8) is 0 Å². The van der Waals surface area contributed by atoms with Gasteiger partial charge >= 0.3 is 17.9 Å². The normalized spacial score (nSPS) is 25.2. The summed E-state index contributed by atoms with van der Waals surface area (Å²) in [4.78, 5) is 45.7. The zero-order valence-electron chi connectivity index (χ0n) is 14.6. The van der Waals surface area contributed by atoms with Crippen LogP contribution in [0.4, 0.5) is 0 Å². The minimum Gasteiger partial charge on any atom is -0.481 e. The molecular formula is C16H25NO8. The van der Waals surface area contributed by atoms with E-state index in [1.807, 2.05) is 6.92 Å². The van der Waals surface area contributed by atoms with E-state index in [2.05, 4.69) is 5.32 Å². The number of hydrogen-bond donors (Lipinski definition) is 2. The summed E-state index contributed by atoms with van der Waals surface area (Å²) in [5, 5.41) is 11.8. The number of carboxylic acid groups (broad SMARTS) is 1. The van der Waals surface area contributed by atoms with Crippen molar-refractivity contribution in [2.45, 2.75) is 65.0 Å². The van der Waals surface area contributed by atoms with Crippen molar-refractivity contribution in [1.82, 2.24) is 5.32 Å². The number of carbonyl (C=O) groups excluding carboxylic acids is 3. The van der Waals surface area contributed by atoms with Gasteiger partial charge in [-0.1, -0.05) is 13.3 Å². The van der Waals surface area contributed by atoms with Crippen molar-refractivity contribution in [2.24, 2.45) is 5.92 Å². The first kappa shape index (κ1) is 20.9. The summed E-state index contributed by atoms with van der Waals surface area (Å²) in [6.45, 7) is 4.81. The number of unbranched alkanes of at least 4 members (excludes halogenated alkanes) is 1. The molecule has 2 N–H and O–H groups in total. The maximum absolute atomic E-state index is 12.0. The minimum atomic E-state index is -1.24. The first-order valence-electron chi connectivity index (χ1n) is 8.23. The number of rotatable bonds is 9. The first-order valence-corrected chi connectivity index (χ1v) is 8.23. The molecule has 0 radical (unpaired) electrons. The fraction of sp³-hybridized carbons (Fsp3) is 0.750. The van der Waals surface area contributed by atoms with Gasteiger partial charge in [0.05, 0.1) is 18.9 Å². The molecule has 9 heteroatoms. The molecule has 9 nitrogen and oxygen atoms in total. The zero-order valence-corrected chi connectivity index (χ0v) is 14.6. The average Bonchev–Trinajstić information content (AvgIpc) is 2.75. The van der Waals surface area contributed by atoms with Crippen LogP contribution >= 0.6 is 0 Å². The van der Waals surface area contributed by atoms with E-state index in [9.17, 15) is 19.2 Å². The van der Waals surface area contributed by atoms with E-state index in [1.54, 1.807) is 0 Å². The van der Waals surface area contributed by atoms with Crippen molar-refractivity contribution >= 4 is 23.8 Å². The lowest BCUT2D eigenvalue weighted by Crippen LogP contribution is -2.37. The van der Waals surface area contributed by atoms with Crippen molar-refractivity contribution in [3.8, 4) is 0 Å². The summed E-state index contributed by atoms with van der Waals surface area (Å²) in [6.07, 6.45) is -1.91. The van der Waals surface area contributed by atoms with Crippen LogP contribution in [0.15, 0.2) is 0 Å². The summed E-state index contributed by atoms with van der Waals surface area (Å²) >= 11 is 0. The molecule has 1 amide bonds. The molecule has 1 fully saturated rings. The molecule has 25 heavy (non-hydrogen) atoms. The average molecular weight is 359 g/mol. The topological polar surface area (TPSA) is 128 Å². The van der Waals surface area contributed by atoms with Crippen LogP contribution in [0, 0.1) is 5.92 Å². The molecule has 142 valence electrons. The lowest BCUT2D eigenvalue weighted by atomic mass is 9.92. The lowest BCUT2D eigenvalue weighted by Gasteiger charge is -2.21. The molecule has 0 aromatic carbocycles. The van der Waals surface area contributed by atoms with Gasteiger partial charge in [-0.05, 0) is 6.42 Å². The van der Waals surface area contributed by atoms with E-state index in [-0.39, 0.29) is 18.7 Å². The standard InChI is InChI=1S/C16H25NO8/c1-4-5-6-17-13(20)8-12-11(7-14(21)22)15(23-9(2)18)16(25-12)24-10(3)19/h11-12,15-16H,4-8H2,1-3H3,(H,17,20)(H,21,22)/t11-,12-,15-,16?/m1/s1. The summed E-state index contributed by atoms with van der Waals surface area (Å²) in [5.41, 5.74) is 0. The number of carboxylic acids is 1. The predicted octanol–water partition coefficient (Wildman–Crippen LogP) is 0.603. The Balaban J connectivity index is 2.87. The third-order valence-corrected chi connectivity index (χ3v) is 3.71. The quantitative estimate of drug-likeness (QED) is 0.452. The van der Waals surface area contributed by atoms with Crippen LogP contribution in [0.25, 0.3) is 0 Å². The highest BCUT2D eigenvalue weighted by atomic mass is 16.7. The summed E-state index contributed by atoms with van der Waals surface area (Å²) in [6, 6.07) is 0. The van der Waals surface area contributed by atoms with Crippen molar-refractivity contribution in [3.05, 3.63) is 0 Å². The highest BCUT2D eigenvalue weighted by Gasteiger charge is 2.49. The third-order valence-electron chi connectivity index (χ3n) is 3.71. The Morgan fingerprint density at radius 1 is 1.08 bits per heavy atom. The fourth-order valence-corrected chi connectivity index (χ4v) is 2.67. The molecule has 0 aromatic heterocycles. The Morgan fingerprint density at radius 3 is 2.24 bits per heavy atom. The van der Waals surface area contributed by atoms with Crippen LogP contribution < -0.4 is 5.32 Å².